The lowest BCUT2D eigenvalue weighted by Gasteiger charge is -2.37. The maximum Gasteiger partial charge on any atom is 0.225 e. The number of hydrogen-bond acceptors (Lipinski definition) is 5. The molecule has 1 amide bonds. The van der Waals surface area contributed by atoms with E-state index in [4.69, 9.17) is 0 Å². The Morgan fingerprint density at radius 1 is 0.968 bits per heavy atom. The third kappa shape index (κ3) is 5.28. The molecular formula is C24H29FN4O2. The van der Waals surface area contributed by atoms with Crippen molar-refractivity contribution in [3.05, 3.63) is 65.7 Å². The van der Waals surface area contributed by atoms with Crippen molar-refractivity contribution in [3.63, 3.8) is 0 Å². The minimum absolute atomic E-state index is 0.0710. The number of piperidine rings is 2. The second kappa shape index (κ2) is 10.0. The van der Waals surface area contributed by atoms with Crippen molar-refractivity contribution in [3.8, 4) is 0 Å². The number of carbonyl (C=O) groups is 1. The van der Waals surface area contributed by atoms with E-state index in [2.05, 4.69) is 15.0 Å². The van der Waals surface area contributed by atoms with Crippen LogP contribution in [0.15, 0.2) is 53.9 Å². The van der Waals surface area contributed by atoms with Gasteiger partial charge in [-0.2, -0.15) is 0 Å². The summed E-state index contributed by atoms with van der Waals surface area (Å²) in [6.45, 7) is 4.10. The number of oxime groups is 1. The van der Waals surface area contributed by atoms with E-state index in [9.17, 15) is 14.4 Å². The topological polar surface area (TPSA) is 69.0 Å². The molecule has 0 atom stereocenters. The summed E-state index contributed by atoms with van der Waals surface area (Å²) in [5.41, 5.74) is 2.57. The molecular weight excluding hydrogens is 395 g/mol. The Morgan fingerprint density at radius 3 is 2.19 bits per heavy atom. The highest BCUT2D eigenvalue weighted by molar-refractivity contribution is 6.02. The molecule has 0 aliphatic carbocycles. The van der Waals surface area contributed by atoms with Gasteiger partial charge < -0.3 is 10.1 Å². The SMILES string of the molecule is O=C(C1CCN(Cc2ccncc2)CC1)N1CCC(/C(=N\O)c2ccc(F)cc2)CC1. The highest BCUT2D eigenvalue weighted by Gasteiger charge is 2.32. The molecule has 0 saturated carbocycles. The third-order valence-corrected chi connectivity index (χ3v) is 6.53. The first-order valence-corrected chi connectivity index (χ1v) is 11.0. The average molecular weight is 425 g/mol. The van der Waals surface area contributed by atoms with E-state index in [1.165, 1.54) is 17.7 Å². The number of halogens is 1. The van der Waals surface area contributed by atoms with Crippen molar-refractivity contribution in [2.24, 2.45) is 17.0 Å². The van der Waals surface area contributed by atoms with Crippen molar-refractivity contribution in [2.75, 3.05) is 26.2 Å². The summed E-state index contributed by atoms with van der Waals surface area (Å²) in [6.07, 6.45) is 6.93. The molecule has 4 rings (SSSR count). The van der Waals surface area contributed by atoms with Crippen molar-refractivity contribution >= 4 is 11.6 Å². The van der Waals surface area contributed by atoms with E-state index >= 15 is 0 Å². The van der Waals surface area contributed by atoms with E-state index < -0.39 is 0 Å². The minimum Gasteiger partial charge on any atom is -0.411 e. The molecule has 1 aromatic carbocycles. The predicted molar refractivity (Wildman–Crippen MR) is 116 cm³/mol. The summed E-state index contributed by atoms with van der Waals surface area (Å²) in [5.74, 6) is 0.106. The number of pyridine rings is 1. The van der Waals surface area contributed by atoms with Crippen LogP contribution in [0.4, 0.5) is 4.39 Å². The molecule has 164 valence electrons. The van der Waals surface area contributed by atoms with Gasteiger partial charge in [0, 0.05) is 43.9 Å². The zero-order chi connectivity index (χ0) is 21.6. The van der Waals surface area contributed by atoms with Crippen LogP contribution in [-0.4, -0.2) is 57.8 Å². The highest BCUT2D eigenvalue weighted by atomic mass is 19.1. The number of rotatable bonds is 5. The Kier molecular flexibility index (Phi) is 6.92. The van der Waals surface area contributed by atoms with Crippen LogP contribution in [0, 0.1) is 17.7 Å². The molecule has 3 heterocycles. The van der Waals surface area contributed by atoms with Crippen molar-refractivity contribution in [1.29, 1.82) is 0 Å². The maximum atomic E-state index is 13.2. The number of nitrogens with zero attached hydrogens (tertiary/aromatic N) is 4. The number of likely N-dealkylation sites (tertiary alicyclic amines) is 2. The Balaban J connectivity index is 1.26. The van der Waals surface area contributed by atoms with Gasteiger partial charge in [0.15, 0.2) is 0 Å². The summed E-state index contributed by atoms with van der Waals surface area (Å²) in [6, 6.07) is 10.1. The van der Waals surface area contributed by atoms with Crippen LogP contribution in [0.25, 0.3) is 0 Å². The first-order chi connectivity index (χ1) is 15.1. The van der Waals surface area contributed by atoms with Gasteiger partial charge in [0.25, 0.3) is 0 Å². The molecule has 2 saturated heterocycles. The summed E-state index contributed by atoms with van der Waals surface area (Å²) in [4.78, 5) is 21.5. The number of hydrogen-bond donors (Lipinski definition) is 1. The van der Waals surface area contributed by atoms with Gasteiger partial charge in [0.05, 0.1) is 5.71 Å². The van der Waals surface area contributed by atoms with E-state index in [1.807, 2.05) is 29.4 Å². The summed E-state index contributed by atoms with van der Waals surface area (Å²) >= 11 is 0. The molecule has 7 heteroatoms. The van der Waals surface area contributed by atoms with Gasteiger partial charge in [-0.1, -0.05) is 17.3 Å². The van der Waals surface area contributed by atoms with E-state index in [-0.39, 0.29) is 23.6 Å². The zero-order valence-corrected chi connectivity index (χ0v) is 17.7. The molecule has 0 unspecified atom stereocenters. The van der Waals surface area contributed by atoms with E-state index in [1.54, 1.807) is 12.1 Å². The molecule has 2 aliphatic heterocycles. The normalized spacial score (nSPS) is 19.5. The Morgan fingerprint density at radius 2 is 1.58 bits per heavy atom. The number of benzene rings is 1. The Bertz CT molecular complexity index is 888. The van der Waals surface area contributed by atoms with Crippen LogP contribution < -0.4 is 0 Å². The smallest absolute Gasteiger partial charge is 0.225 e. The average Bonchev–Trinajstić information content (AvgIpc) is 2.82. The second-order valence-corrected chi connectivity index (χ2v) is 8.50. The van der Waals surface area contributed by atoms with Crippen molar-refractivity contribution < 1.29 is 14.4 Å². The van der Waals surface area contributed by atoms with Gasteiger partial charge in [-0.3, -0.25) is 14.7 Å². The lowest BCUT2D eigenvalue weighted by Crippen LogP contribution is -2.46. The van der Waals surface area contributed by atoms with Crippen molar-refractivity contribution in [2.45, 2.75) is 32.2 Å². The lowest BCUT2D eigenvalue weighted by molar-refractivity contribution is -0.138. The molecule has 0 radical (unpaired) electrons. The minimum atomic E-state index is -0.312. The van der Waals surface area contributed by atoms with Crippen LogP contribution in [0.1, 0.15) is 36.8 Å². The quantitative estimate of drug-likeness (QED) is 0.453. The fraction of sp³-hybridized carbons (Fsp3) is 0.458. The second-order valence-electron chi connectivity index (χ2n) is 8.50. The molecule has 1 aromatic heterocycles. The van der Waals surface area contributed by atoms with Gasteiger partial charge in [-0.25, -0.2) is 4.39 Å². The van der Waals surface area contributed by atoms with Crippen LogP contribution >= 0.6 is 0 Å². The van der Waals surface area contributed by atoms with Crippen LogP contribution in [-0.2, 0) is 11.3 Å². The molecule has 0 spiro atoms. The Labute approximate surface area is 182 Å². The third-order valence-electron chi connectivity index (χ3n) is 6.53. The molecule has 31 heavy (non-hydrogen) atoms. The molecule has 2 aromatic rings. The molecule has 1 N–H and O–H groups in total. The standard InChI is InChI=1S/C24H29FN4O2/c25-22-3-1-19(2-4-22)23(27-31)20-9-15-29(16-10-20)24(30)21-7-13-28(14-8-21)17-18-5-11-26-12-6-18/h1-6,11-12,20-21,31H,7-10,13-17H2/b27-23-. The Hall–Kier alpha value is -2.80. The van der Waals surface area contributed by atoms with E-state index in [0.717, 1.165) is 50.9 Å². The maximum absolute atomic E-state index is 13.2. The van der Waals surface area contributed by atoms with Gasteiger partial charge in [0.1, 0.15) is 5.82 Å². The highest BCUT2D eigenvalue weighted by Crippen LogP contribution is 2.27. The summed E-state index contributed by atoms with van der Waals surface area (Å²) in [5, 5.41) is 13.0. The first kappa shape index (κ1) is 21.4. The van der Waals surface area contributed by atoms with Crippen molar-refractivity contribution in [1.82, 2.24) is 14.8 Å². The van der Waals surface area contributed by atoms with Crippen LogP contribution in [0.2, 0.25) is 0 Å². The number of amides is 1. The molecule has 2 aliphatic rings. The van der Waals surface area contributed by atoms with Crippen LogP contribution in [0.5, 0.6) is 0 Å². The monoisotopic (exact) mass is 424 g/mol. The fourth-order valence-corrected chi connectivity index (χ4v) is 4.71. The number of carbonyl (C=O) groups excluding carboxylic acids is 1. The first-order valence-electron chi connectivity index (χ1n) is 11.0. The summed E-state index contributed by atoms with van der Waals surface area (Å²) < 4.78 is 13.2. The van der Waals surface area contributed by atoms with Gasteiger partial charge in [-0.15, -0.1) is 0 Å². The molecule has 6 nitrogen and oxygen atoms in total. The van der Waals surface area contributed by atoms with Gasteiger partial charge in [-0.05, 0) is 74.2 Å². The van der Waals surface area contributed by atoms with Gasteiger partial charge >= 0.3 is 0 Å². The fourth-order valence-electron chi connectivity index (χ4n) is 4.71. The van der Waals surface area contributed by atoms with E-state index in [0.29, 0.717) is 18.8 Å². The summed E-state index contributed by atoms with van der Waals surface area (Å²) in [7, 11) is 0. The van der Waals surface area contributed by atoms with Gasteiger partial charge in [0.2, 0.25) is 5.91 Å². The largest absolute Gasteiger partial charge is 0.411 e. The molecule has 2 fully saturated rings. The lowest BCUT2D eigenvalue weighted by atomic mass is 9.87. The molecule has 0 bridgehead atoms. The number of aromatic nitrogens is 1. The predicted octanol–water partition coefficient (Wildman–Crippen LogP) is 3.55. The zero-order valence-electron chi connectivity index (χ0n) is 17.7. The van der Waals surface area contributed by atoms with Crippen LogP contribution in [0.3, 0.4) is 0 Å².